The zero-order valence-corrected chi connectivity index (χ0v) is 14.4. The normalized spacial score (nSPS) is 13.5. The lowest BCUT2D eigenvalue weighted by molar-refractivity contribution is 0.0485. The number of rotatable bonds is 8. The molecule has 2 atom stereocenters. The molecule has 0 spiro atoms. The largest absolute Gasteiger partial charge is 0.491 e. The summed E-state index contributed by atoms with van der Waals surface area (Å²) in [4.78, 5) is 10.8. The van der Waals surface area contributed by atoms with E-state index in [4.69, 9.17) is 9.84 Å². The van der Waals surface area contributed by atoms with Crippen molar-refractivity contribution < 1.29 is 24.9 Å². The Morgan fingerprint density at radius 2 is 1.52 bits per heavy atom. The summed E-state index contributed by atoms with van der Waals surface area (Å²) in [6.07, 6.45) is -1.44. The van der Waals surface area contributed by atoms with Crippen molar-refractivity contribution >= 4 is 5.97 Å². The molecule has 5 heteroatoms. The van der Waals surface area contributed by atoms with Gasteiger partial charge < -0.3 is 20.1 Å². The van der Waals surface area contributed by atoms with Gasteiger partial charge in [0.15, 0.2) is 0 Å². The average molecular weight is 344 g/mol. The second-order valence-corrected chi connectivity index (χ2v) is 6.37. The molecule has 25 heavy (non-hydrogen) atoms. The van der Waals surface area contributed by atoms with Gasteiger partial charge in [-0.1, -0.05) is 38.1 Å². The monoisotopic (exact) mass is 344 g/mol. The summed E-state index contributed by atoms with van der Waals surface area (Å²) in [6, 6.07) is 13.7. The number of carboxylic acids is 1. The van der Waals surface area contributed by atoms with Gasteiger partial charge in [0, 0.05) is 6.42 Å². The van der Waals surface area contributed by atoms with E-state index < -0.39 is 18.2 Å². The summed E-state index contributed by atoms with van der Waals surface area (Å²) < 4.78 is 5.44. The number of aliphatic hydroxyl groups excluding tert-OH is 2. The number of ether oxygens (including phenoxy) is 1. The Kier molecular flexibility index (Phi) is 6.56. The van der Waals surface area contributed by atoms with E-state index in [0.29, 0.717) is 11.7 Å². The van der Waals surface area contributed by atoms with Gasteiger partial charge in [0.2, 0.25) is 0 Å². The maximum Gasteiger partial charge on any atom is 0.335 e. The highest BCUT2D eigenvalue weighted by Gasteiger charge is 2.15. The Morgan fingerprint density at radius 1 is 0.960 bits per heavy atom. The molecule has 5 nitrogen and oxygen atoms in total. The number of carbonyl (C=O) groups is 1. The molecule has 2 unspecified atom stereocenters. The lowest BCUT2D eigenvalue weighted by atomic mass is 9.98. The average Bonchev–Trinajstić information content (AvgIpc) is 2.60. The quantitative estimate of drug-likeness (QED) is 0.683. The fourth-order valence-electron chi connectivity index (χ4n) is 2.45. The molecular formula is C20H24O5. The summed E-state index contributed by atoms with van der Waals surface area (Å²) in [7, 11) is 0. The molecule has 2 aromatic carbocycles. The maximum absolute atomic E-state index is 10.8. The van der Waals surface area contributed by atoms with Crippen LogP contribution in [0.15, 0.2) is 48.5 Å². The van der Waals surface area contributed by atoms with E-state index in [1.54, 1.807) is 0 Å². The predicted octanol–water partition coefficient (Wildman–Crippen LogP) is 3.37. The molecule has 3 N–H and O–H groups in total. The van der Waals surface area contributed by atoms with Gasteiger partial charge in [-0.3, -0.25) is 0 Å². The highest BCUT2D eigenvalue weighted by atomic mass is 16.5. The van der Waals surface area contributed by atoms with Gasteiger partial charge in [-0.2, -0.15) is 0 Å². The van der Waals surface area contributed by atoms with Crippen LogP contribution >= 0.6 is 0 Å². The van der Waals surface area contributed by atoms with E-state index in [-0.39, 0.29) is 18.6 Å². The van der Waals surface area contributed by atoms with E-state index >= 15 is 0 Å². The molecule has 2 aromatic rings. The Hall–Kier alpha value is -2.37. The molecule has 0 radical (unpaired) electrons. The Bertz CT molecular complexity index is 676. The van der Waals surface area contributed by atoms with Crippen molar-refractivity contribution in [1.29, 1.82) is 0 Å². The molecule has 0 fully saturated rings. The summed E-state index contributed by atoms with van der Waals surface area (Å²) in [6.45, 7) is 4.23. The van der Waals surface area contributed by atoms with Crippen LogP contribution < -0.4 is 4.74 Å². The number of carboxylic acid groups (broad SMARTS) is 1. The third-order valence-corrected chi connectivity index (χ3v) is 4.03. The van der Waals surface area contributed by atoms with Crippen molar-refractivity contribution in [3.05, 3.63) is 65.2 Å². The number of aliphatic hydroxyl groups is 2. The number of aromatic carboxylic acids is 1. The molecule has 0 aromatic heterocycles. The van der Waals surface area contributed by atoms with Gasteiger partial charge >= 0.3 is 5.97 Å². The van der Waals surface area contributed by atoms with Crippen molar-refractivity contribution in [2.75, 3.05) is 6.61 Å². The van der Waals surface area contributed by atoms with E-state index in [1.807, 2.05) is 24.3 Å². The van der Waals surface area contributed by atoms with Gasteiger partial charge in [0.05, 0.1) is 17.8 Å². The molecule has 0 aliphatic carbocycles. The molecule has 0 saturated heterocycles. The fraction of sp³-hybridized carbons (Fsp3) is 0.350. The van der Waals surface area contributed by atoms with Crippen LogP contribution in [-0.2, 0) is 0 Å². The lowest BCUT2D eigenvalue weighted by Gasteiger charge is -2.17. The van der Waals surface area contributed by atoms with Crippen LogP contribution in [0.25, 0.3) is 0 Å². The molecular weight excluding hydrogens is 320 g/mol. The lowest BCUT2D eigenvalue weighted by Crippen LogP contribution is -2.20. The summed E-state index contributed by atoms with van der Waals surface area (Å²) >= 11 is 0. The van der Waals surface area contributed by atoms with Crippen molar-refractivity contribution in [2.24, 2.45) is 0 Å². The first-order valence-electron chi connectivity index (χ1n) is 8.29. The van der Waals surface area contributed by atoms with Crippen LogP contribution in [0.4, 0.5) is 0 Å². The van der Waals surface area contributed by atoms with Crippen LogP contribution in [0.3, 0.4) is 0 Å². The van der Waals surface area contributed by atoms with Crippen molar-refractivity contribution in [3.63, 3.8) is 0 Å². The summed E-state index contributed by atoms with van der Waals surface area (Å²) in [5.41, 5.74) is 2.13. The second-order valence-electron chi connectivity index (χ2n) is 6.37. The van der Waals surface area contributed by atoms with Crippen LogP contribution in [0.2, 0.25) is 0 Å². The van der Waals surface area contributed by atoms with Crippen molar-refractivity contribution in [1.82, 2.24) is 0 Å². The molecule has 0 aliphatic heterocycles. The standard InChI is InChI=1S/C20H24O5/c1-13(2)14-3-5-15(6-4-14)19(22)11-17(21)12-25-18-9-7-16(8-10-18)20(23)24/h3-10,13,17,19,21-22H,11-12H2,1-2H3,(H,23,24). The van der Waals surface area contributed by atoms with Crippen LogP contribution in [0.1, 0.15) is 53.8 Å². The van der Waals surface area contributed by atoms with Crippen LogP contribution in [-0.4, -0.2) is 34.0 Å². The SMILES string of the molecule is CC(C)c1ccc(C(O)CC(O)COc2ccc(C(=O)O)cc2)cc1. The summed E-state index contributed by atoms with van der Waals surface area (Å²) in [5, 5.41) is 29.1. The topological polar surface area (TPSA) is 87.0 Å². The highest BCUT2D eigenvalue weighted by molar-refractivity contribution is 5.87. The predicted molar refractivity (Wildman–Crippen MR) is 95.0 cm³/mol. The van der Waals surface area contributed by atoms with Gasteiger partial charge in [-0.25, -0.2) is 4.79 Å². The van der Waals surface area contributed by atoms with Gasteiger partial charge in [-0.05, 0) is 41.3 Å². The summed E-state index contributed by atoms with van der Waals surface area (Å²) in [5.74, 6) is -0.101. The highest BCUT2D eigenvalue weighted by Crippen LogP contribution is 2.22. The van der Waals surface area contributed by atoms with E-state index in [9.17, 15) is 15.0 Å². The molecule has 2 rings (SSSR count). The Labute approximate surface area is 147 Å². The Balaban J connectivity index is 1.84. The Morgan fingerprint density at radius 3 is 2.04 bits per heavy atom. The smallest absolute Gasteiger partial charge is 0.335 e. The molecule has 0 aliphatic rings. The molecule has 0 bridgehead atoms. The van der Waals surface area contributed by atoms with Gasteiger partial charge in [0.1, 0.15) is 12.4 Å². The van der Waals surface area contributed by atoms with Crippen molar-refractivity contribution in [2.45, 2.75) is 38.4 Å². The first-order valence-corrected chi connectivity index (χ1v) is 8.29. The first kappa shape index (κ1) is 19.0. The zero-order valence-electron chi connectivity index (χ0n) is 14.4. The molecule has 134 valence electrons. The van der Waals surface area contributed by atoms with E-state index in [0.717, 1.165) is 5.56 Å². The third-order valence-electron chi connectivity index (χ3n) is 4.03. The van der Waals surface area contributed by atoms with Crippen molar-refractivity contribution in [3.8, 4) is 5.75 Å². The molecule has 0 amide bonds. The minimum atomic E-state index is -1.00. The van der Waals surface area contributed by atoms with Crippen LogP contribution in [0, 0.1) is 0 Å². The minimum Gasteiger partial charge on any atom is -0.491 e. The zero-order chi connectivity index (χ0) is 18.4. The molecule has 0 saturated carbocycles. The van der Waals surface area contributed by atoms with Gasteiger partial charge in [-0.15, -0.1) is 0 Å². The van der Waals surface area contributed by atoms with Crippen LogP contribution in [0.5, 0.6) is 5.75 Å². The van der Waals surface area contributed by atoms with E-state index in [2.05, 4.69) is 13.8 Å². The third kappa shape index (κ3) is 5.59. The molecule has 0 heterocycles. The minimum absolute atomic E-state index is 0.0214. The maximum atomic E-state index is 10.8. The van der Waals surface area contributed by atoms with E-state index in [1.165, 1.54) is 29.8 Å². The number of hydrogen-bond acceptors (Lipinski definition) is 4. The fourth-order valence-corrected chi connectivity index (χ4v) is 2.45. The van der Waals surface area contributed by atoms with Gasteiger partial charge in [0.25, 0.3) is 0 Å². The first-order chi connectivity index (χ1) is 11.9. The number of hydrogen-bond donors (Lipinski definition) is 3. The second kappa shape index (κ2) is 8.65. The number of benzene rings is 2.